The predicted octanol–water partition coefficient (Wildman–Crippen LogP) is 1.14. The van der Waals surface area contributed by atoms with Gasteiger partial charge in [0.15, 0.2) is 5.65 Å². The summed E-state index contributed by atoms with van der Waals surface area (Å²) in [6.07, 6.45) is 1.86. The number of carbonyl (C=O) groups is 1. The van der Waals surface area contributed by atoms with E-state index in [-0.39, 0.29) is 11.8 Å². The molecule has 0 aliphatic carbocycles. The normalized spacial score (nSPS) is 11.3. The molecule has 0 saturated heterocycles. The summed E-state index contributed by atoms with van der Waals surface area (Å²) >= 11 is 0. The minimum atomic E-state index is 0.0326. The summed E-state index contributed by atoms with van der Waals surface area (Å²) in [6, 6.07) is 2.12. The number of rotatable bonds is 6. The van der Waals surface area contributed by atoms with Crippen molar-refractivity contribution in [1.82, 2.24) is 25.4 Å². The highest BCUT2D eigenvalue weighted by molar-refractivity contribution is 5.78. The van der Waals surface area contributed by atoms with Crippen LogP contribution in [0.3, 0.4) is 0 Å². The summed E-state index contributed by atoms with van der Waals surface area (Å²) in [5, 5.41) is 11.6. The summed E-state index contributed by atoms with van der Waals surface area (Å²) in [7, 11) is 1.90. The summed E-state index contributed by atoms with van der Waals surface area (Å²) in [5.41, 5.74) is 3.01. The molecular formula is C15H23N5O. The number of carbonyl (C=O) groups excluding carboxylic acids is 1. The molecule has 0 spiro atoms. The summed E-state index contributed by atoms with van der Waals surface area (Å²) in [6.45, 7) is 7.87. The first kappa shape index (κ1) is 15.4. The Morgan fingerprint density at radius 1 is 1.38 bits per heavy atom. The average molecular weight is 289 g/mol. The molecule has 6 nitrogen and oxygen atoms in total. The smallest absolute Gasteiger partial charge is 0.222 e. The fourth-order valence-electron chi connectivity index (χ4n) is 2.16. The number of fused-ring (bicyclic) bond motifs is 1. The molecule has 21 heavy (non-hydrogen) atoms. The van der Waals surface area contributed by atoms with E-state index < -0.39 is 0 Å². The highest BCUT2D eigenvalue weighted by Crippen LogP contribution is 2.16. The van der Waals surface area contributed by atoms with Gasteiger partial charge in [-0.1, -0.05) is 13.8 Å². The molecule has 0 aliphatic heterocycles. The van der Waals surface area contributed by atoms with E-state index in [0.29, 0.717) is 6.54 Å². The van der Waals surface area contributed by atoms with Crippen molar-refractivity contribution in [2.75, 3.05) is 13.1 Å². The van der Waals surface area contributed by atoms with Crippen LogP contribution in [0.1, 0.15) is 25.1 Å². The van der Waals surface area contributed by atoms with E-state index in [9.17, 15) is 4.79 Å². The van der Waals surface area contributed by atoms with E-state index in [1.807, 2.05) is 34.0 Å². The van der Waals surface area contributed by atoms with E-state index in [1.165, 1.54) is 0 Å². The first-order valence-corrected chi connectivity index (χ1v) is 7.25. The average Bonchev–Trinajstić information content (AvgIpc) is 2.73. The maximum Gasteiger partial charge on any atom is 0.222 e. The van der Waals surface area contributed by atoms with Gasteiger partial charge in [-0.2, -0.15) is 5.10 Å². The van der Waals surface area contributed by atoms with Crippen LogP contribution in [-0.2, 0) is 18.4 Å². The standard InChI is InChI=1S/C15H23N5O/c1-10(2)15(21)17-6-5-16-8-12-7-13-11(3)19-20(4)14(13)18-9-12/h7,9-10,16H,5-6,8H2,1-4H3,(H,17,21). The van der Waals surface area contributed by atoms with Gasteiger partial charge in [-0.05, 0) is 18.6 Å². The Hall–Kier alpha value is -1.95. The van der Waals surface area contributed by atoms with Gasteiger partial charge in [-0.15, -0.1) is 0 Å². The number of nitrogens with one attached hydrogen (secondary N) is 2. The summed E-state index contributed by atoms with van der Waals surface area (Å²) in [5.74, 6) is 0.121. The summed E-state index contributed by atoms with van der Waals surface area (Å²) < 4.78 is 1.79. The van der Waals surface area contributed by atoms with Crippen LogP contribution >= 0.6 is 0 Å². The summed E-state index contributed by atoms with van der Waals surface area (Å²) in [4.78, 5) is 15.8. The largest absolute Gasteiger partial charge is 0.355 e. The Morgan fingerprint density at radius 3 is 2.86 bits per heavy atom. The van der Waals surface area contributed by atoms with Gasteiger partial charge >= 0.3 is 0 Å². The number of pyridine rings is 1. The molecular weight excluding hydrogens is 266 g/mol. The molecule has 0 aliphatic rings. The molecule has 1 amide bonds. The lowest BCUT2D eigenvalue weighted by Gasteiger charge is -2.08. The fraction of sp³-hybridized carbons (Fsp3) is 0.533. The topological polar surface area (TPSA) is 71.8 Å². The first-order valence-electron chi connectivity index (χ1n) is 7.25. The molecule has 2 aromatic rings. The number of amides is 1. The van der Waals surface area contributed by atoms with Crippen molar-refractivity contribution in [3.05, 3.63) is 23.5 Å². The van der Waals surface area contributed by atoms with Gasteiger partial charge < -0.3 is 10.6 Å². The van der Waals surface area contributed by atoms with Gasteiger partial charge in [0.2, 0.25) is 5.91 Å². The van der Waals surface area contributed by atoms with Gasteiger partial charge in [0.05, 0.1) is 5.69 Å². The van der Waals surface area contributed by atoms with E-state index in [1.54, 1.807) is 4.68 Å². The molecule has 2 rings (SSSR count). The van der Waals surface area contributed by atoms with Crippen molar-refractivity contribution >= 4 is 16.9 Å². The van der Waals surface area contributed by atoms with Crippen LogP contribution in [0.4, 0.5) is 0 Å². The number of aryl methyl sites for hydroxylation is 2. The SMILES string of the molecule is Cc1nn(C)c2ncc(CNCCNC(=O)C(C)C)cc12. The molecule has 2 N–H and O–H groups in total. The zero-order chi connectivity index (χ0) is 15.4. The highest BCUT2D eigenvalue weighted by Gasteiger charge is 2.07. The lowest BCUT2D eigenvalue weighted by molar-refractivity contribution is -0.123. The predicted molar refractivity (Wildman–Crippen MR) is 82.8 cm³/mol. The van der Waals surface area contributed by atoms with Crippen LogP contribution in [0.5, 0.6) is 0 Å². The second-order valence-electron chi connectivity index (χ2n) is 5.55. The Kier molecular flexibility index (Phi) is 4.90. The number of aromatic nitrogens is 3. The Morgan fingerprint density at radius 2 is 2.14 bits per heavy atom. The number of hydrogen-bond acceptors (Lipinski definition) is 4. The molecule has 0 aromatic carbocycles. The van der Waals surface area contributed by atoms with Gasteiger partial charge in [0, 0.05) is 44.2 Å². The van der Waals surface area contributed by atoms with Crippen LogP contribution < -0.4 is 10.6 Å². The molecule has 6 heteroatoms. The third-order valence-corrected chi connectivity index (χ3v) is 3.37. The monoisotopic (exact) mass is 289 g/mol. The van der Waals surface area contributed by atoms with Gasteiger partial charge in [-0.3, -0.25) is 9.48 Å². The lowest BCUT2D eigenvalue weighted by Crippen LogP contribution is -2.34. The van der Waals surface area contributed by atoms with Crippen molar-refractivity contribution in [3.8, 4) is 0 Å². The number of nitrogens with zero attached hydrogens (tertiary/aromatic N) is 3. The van der Waals surface area contributed by atoms with Crippen LogP contribution in [0.25, 0.3) is 11.0 Å². The maximum atomic E-state index is 11.4. The fourth-order valence-corrected chi connectivity index (χ4v) is 2.16. The zero-order valence-electron chi connectivity index (χ0n) is 13.1. The van der Waals surface area contributed by atoms with Crippen molar-refractivity contribution in [3.63, 3.8) is 0 Å². The second-order valence-corrected chi connectivity index (χ2v) is 5.55. The van der Waals surface area contributed by atoms with Crippen LogP contribution in [0.15, 0.2) is 12.3 Å². The van der Waals surface area contributed by atoms with Crippen LogP contribution in [-0.4, -0.2) is 33.8 Å². The molecule has 0 radical (unpaired) electrons. The minimum absolute atomic E-state index is 0.0326. The third kappa shape index (κ3) is 3.78. The quantitative estimate of drug-likeness (QED) is 0.782. The van der Waals surface area contributed by atoms with Crippen molar-refractivity contribution in [2.24, 2.45) is 13.0 Å². The Balaban J connectivity index is 1.84. The molecule has 2 aromatic heterocycles. The van der Waals surface area contributed by atoms with Gasteiger partial charge in [0.1, 0.15) is 0 Å². The van der Waals surface area contributed by atoms with Crippen molar-refractivity contribution < 1.29 is 4.79 Å². The van der Waals surface area contributed by atoms with E-state index >= 15 is 0 Å². The van der Waals surface area contributed by atoms with Crippen LogP contribution in [0.2, 0.25) is 0 Å². The third-order valence-electron chi connectivity index (χ3n) is 3.37. The minimum Gasteiger partial charge on any atom is -0.355 e. The molecule has 0 unspecified atom stereocenters. The van der Waals surface area contributed by atoms with Gasteiger partial charge in [0.25, 0.3) is 0 Å². The van der Waals surface area contributed by atoms with E-state index in [4.69, 9.17) is 0 Å². The van der Waals surface area contributed by atoms with Crippen molar-refractivity contribution in [2.45, 2.75) is 27.3 Å². The first-order chi connectivity index (χ1) is 9.99. The molecule has 2 heterocycles. The Bertz CT molecular complexity index is 632. The van der Waals surface area contributed by atoms with Crippen molar-refractivity contribution in [1.29, 1.82) is 0 Å². The lowest BCUT2D eigenvalue weighted by atomic mass is 10.2. The number of hydrogen-bond donors (Lipinski definition) is 2. The van der Waals surface area contributed by atoms with E-state index in [0.717, 1.165) is 35.4 Å². The second kappa shape index (κ2) is 6.67. The maximum absolute atomic E-state index is 11.4. The molecule has 0 fully saturated rings. The zero-order valence-corrected chi connectivity index (χ0v) is 13.1. The van der Waals surface area contributed by atoms with Crippen LogP contribution in [0, 0.1) is 12.8 Å². The van der Waals surface area contributed by atoms with E-state index in [2.05, 4.69) is 26.8 Å². The Labute approximate surface area is 124 Å². The molecule has 0 atom stereocenters. The molecule has 0 bridgehead atoms. The molecule has 114 valence electrons. The van der Waals surface area contributed by atoms with Gasteiger partial charge in [-0.25, -0.2) is 4.98 Å². The highest BCUT2D eigenvalue weighted by atomic mass is 16.1. The molecule has 0 saturated carbocycles.